The van der Waals surface area contributed by atoms with Crippen molar-refractivity contribution in [1.29, 1.82) is 0 Å². The molecule has 328 valence electrons. The van der Waals surface area contributed by atoms with Crippen molar-refractivity contribution in [3.63, 3.8) is 0 Å². The monoisotopic (exact) mass is 873 g/mol. The Morgan fingerprint density at radius 2 is 0.706 bits per heavy atom. The van der Waals surface area contributed by atoms with Gasteiger partial charge in [0, 0.05) is 17.1 Å². The molecule has 0 aromatic heterocycles. The molecule has 0 unspecified atom stereocenters. The molecular formula is C67H55N. The maximum absolute atomic E-state index is 2.54. The summed E-state index contributed by atoms with van der Waals surface area (Å²) in [4.78, 5) is 2.46. The number of anilines is 3. The Labute approximate surface area is 402 Å². The second-order valence-electron chi connectivity index (χ2n) is 20.9. The maximum Gasteiger partial charge on any atom is 0.0726 e. The Morgan fingerprint density at radius 3 is 1.29 bits per heavy atom. The standard InChI is InChI=1S/C67H55N/c1-65(2,3)50-31-38-58-59-39-32-51(66(4,5)6)42-63(59)67(62(58)41-50)61-22-13-12-20-57(61)60-40-37-54(43-64(60)67)68(53-35-29-49(30-36-53)56-21-14-18-48-17-10-11-19-55(48)56)52-33-27-47(28-34-52)46-25-23-45(24-26-46)44-15-8-7-9-16-44/h7-43H,1-6H3. The Morgan fingerprint density at radius 1 is 0.294 bits per heavy atom. The first-order valence-electron chi connectivity index (χ1n) is 24.2. The van der Waals surface area contributed by atoms with Crippen molar-refractivity contribution in [2.75, 3.05) is 4.90 Å². The average Bonchev–Trinajstić information content (AvgIpc) is 3.83. The number of hydrogen-bond acceptors (Lipinski definition) is 1. The molecule has 0 saturated carbocycles. The first-order valence-corrected chi connectivity index (χ1v) is 24.2. The van der Waals surface area contributed by atoms with Gasteiger partial charge in [-0.2, -0.15) is 0 Å². The van der Waals surface area contributed by atoms with E-state index in [1.807, 2.05) is 0 Å². The van der Waals surface area contributed by atoms with Crippen LogP contribution in [0.15, 0.2) is 224 Å². The van der Waals surface area contributed by atoms with Gasteiger partial charge in [0.15, 0.2) is 0 Å². The van der Waals surface area contributed by atoms with Gasteiger partial charge in [-0.05, 0) is 147 Å². The molecule has 1 nitrogen and oxygen atoms in total. The predicted octanol–water partition coefficient (Wildman–Crippen LogP) is 18.2. The van der Waals surface area contributed by atoms with E-state index < -0.39 is 5.41 Å². The fraction of sp³-hybridized carbons (Fsp3) is 0.134. The zero-order chi connectivity index (χ0) is 46.4. The molecule has 0 amide bonds. The van der Waals surface area contributed by atoms with E-state index in [0.29, 0.717) is 0 Å². The third kappa shape index (κ3) is 6.67. The summed E-state index contributed by atoms with van der Waals surface area (Å²) in [6.45, 7) is 14.0. The molecule has 2 aliphatic rings. The molecular weight excluding hydrogens is 819 g/mol. The highest BCUT2D eigenvalue weighted by atomic mass is 15.1. The number of rotatable bonds is 6. The fourth-order valence-corrected chi connectivity index (χ4v) is 11.2. The van der Waals surface area contributed by atoms with Crippen molar-refractivity contribution in [2.45, 2.75) is 57.8 Å². The minimum atomic E-state index is -0.505. The lowest BCUT2D eigenvalue weighted by molar-refractivity contribution is 0.586. The van der Waals surface area contributed by atoms with E-state index in [9.17, 15) is 0 Å². The van der Waals surface area contributed by atoms with Crippen LogP contribution in [0, 0.1) is 0 Å². The van der Waals surface area contributed by atoms with Crippen LogP contribution in [0.3, 0.4) is 0 Å². The van der Waals surface area contributed by atoms with Crippen molar-refractivity contribution in [2.24, 2.45) is 0 Å². The molecule has 0 atom stereocenters. The van der Waals surface area contributed by atoms with E-state index in [2.05, 4.69) is 271 Å². The van der Waals surface area contributed by atoms with Gasteiger partial charge in [0.05, 0.1) is 5.41 Å². The van der Waals surface area contributed by atoms with Gasteiger partial charge >= 0.3 is 0 Å². The zero-order valence-electron chi connectivity index (χ0n) is 39.8. The second kappa shape index (κ2) is 15.7. The predicted molar refractivity (Wildman–Crippen MR) is 289 cm³/mol. The minimum Gasteiger partial charge on any atom is -0.310 e. The molecule has 0 fully saturated rings. The summed E-state index contributed by atoms with van der Waals surface area (Å²) in [5.41, 5.74) is 23.5. The summed E-state index contributed by atoms with van der Waals surface area (Å²) >= 11 is 0. The highest BCUT2D eigenvalue weighted by Crippen LogP contribution is 2.64. The SMILES string of the molecule is CC(C)(C)c1ccc2c(c1)C1(c3ccccc3-c3ccc(N(c4ccc(-c5ccc(-c6ccccc6)cc5)cc4)c4ccc(-c5cccc6ccccc56)cc4)cc31)c1cc(C(C)(C)C)ccc1-2. The Hall–Kier alpha value is -7.74. The number of nitrogens with zero attached hydrogens (tertiary/aromatic N) is 1. The lowest BCUT2D eigenvalue weighted by Gasteiger charge is -2.34. The van der Waals surface area contributed by atoms with Gasteiger partial charge in [0.1, 0.15) is 0 Å². The van der Waals surface area contributed by atoms with E-state index >= 15 is 0 Å². The molecule has 0 aliphatic heterocycles. The number of hydrogen-bond donors (Lipinski definition) is 0. The summed E-state index contributed by atoms with van der Waals surface area (Å²) in [5, 5.41) is 2.51. The van der Waals surface area contributed by atoms with Gasteiger partial charge in [-0.1, -0.05) is 230 Å². The van der Waals surface area contributed by atoms with E-state index in [1.54, 1.807) is 0 Å². The molecule has 1 spiro atoms. The van der Waals surface area contributed by atoms with Gasteiger partial charge in [0.2, 0.25) is 0 Å². The summed E-state index contributed by atoms with van der Waals surface area (Å²) < 4.78 is 0. The zero-order valence-corrected chi connectivity index (χ0v) is 39.8. The Balaban J connectivity index is 1.05. The lowest BCUT2D eigenvalue weighted by atomic mass is 9.68. The second-order valence-corrected chi connectivity index (χ2v) is 20.9. The van der Waals surface area contributed by atoms with Crippen molar-refractivity contribution in [1.82, 2.24) is 0 Å². The quantitative estimate of drug-likeness (QED) is 0.161. The molecule has 10 aromatic carbocycles. The highest BCUT2D eigenvalue weighted by molar-refractivity contribution is 5.98. The topological polar surface area (TPSA) is 3.24 Å². The summed E-state index contributed by atoms with van der Waals surface area (Å²) in [5.74, 6) is 0. The molecule has 0 saturated heterocycles. The lowest BCUT2D eigenvalue weighted by Crippen LogP contribution is -2.27. The minimum absolute atomic E-state index is 0.0184. The Kier molecular flexibility index (Phi) is 9.61. The van der Waals surface area contributed by atoms with Crippen LogP contribution in [0.5, 0.6) is 0 Å². The van der Waals surface area contributed by atoms with Crippen LogP contribution in [0.1, 0.15) is 74.9 Å². The van der Waals surface area contributed by atoms with Crippen LogP contribution in [-0.2, 0) is 16.2 Å². The van der Waals surface area contributed by atoms with E-state index in [-0.39, 0.29) is 10.8 Å². The number of benzene rings is 10. The molecule has 0 bridgehead atoms. The maximum atomic E-state index is 2.54. The van der Waals surface area contributed by atoms with Crippen LogP contribution in [0.2, 0.25) is 0 Å². The third-order valence-corrected chi connectivity index (χ3v) is 14.8. The van der Waals surface area contributed by atoms with Crippen LogP contribution < -0.4 is 4.90 Å². The van der Waals surface area contributed by atoms with Crippen LogP contribution >= 0.6 is 0 Å². The summed E-state index contributed by atoms with van der Waals surface area (Å²) in [7, 11) is 0. The smallest absolute Gasteiger partial charge is 0.0726 e. The Bertz CT molecular complexity index is 3470. The molecule has 0 N–H and O–H groups in total. The van der Waals surface area contributed by atoms with Crippen LogP contribution in [0.4, 0.5) is 17.1 Å². The van der Waals surface area contributed by atoms with Gasteiger partial charge in [0.25, 0.3) is 0 Å². The fourth-order valence-electron chi connectivity index (χ4n) is 11.2. The normalized spacial score (nSPS) is 13.3. The van der Waals surface area contributed by atoms with Gasteiger partial charge in [-0.15, -0.1) is 0 Å². The third-order valence-electron chi connectivity index (χ3n) is 14.8. The van der Waals surface area contributed by atoms with E-state index in [1.165, 1.54) is 99.8 Å². The molecule has 10 aromatic rings. The molecule has 1 heteroatoms. The summed E-state index contributed by atoms with van der Waals surface area (Å²) in [6, 6.07) is 84.3. The average molecular weight is 874 g/mol. The van der Waals surface area contributed by atoms with Crippen molar-refractivity contribution >= 4 is 27.8 Å². The molecule has 0 heterocycles. The van der Waals surface area contributed by atoms with Crippen molar-refractivity contribution in [3.8, 4) is 55.6 Å². The first kappa shape index (κ1) is 41.7. The van der Waals surface area contributed by atoms with E-state index in [4.69, 9.17) is 0 Å². The first-order chi connectivity index (χ1) is 33.0. The van der Waals surface area contributed by atoms with Crippen molar-refractivity contribution in [3.05, 3.63) is 258 Å². The van der Waals surface area contributed by atoms with Crippen LogP contribution in [0.25, 0.3) is 66.4 Å². The van der Waals surface area contributed by atoms with Gasteiger partial charge < -0.3 is 4.90 Å². The van der Waals surface area contributed by atoms with Crippen LogP contribution in [-0.4, -0.2) is 0 Å². The number of fused-ring (bicyclic) bond motifs is 11. The molecule has 2 aliphatic carbocycles. The highest BCUT2D eigenvalue weighted by Gasteiger charge is 2.52. The van der Waals surface area contributed by atoms with Gasteiger partial charge in [-0.25, -0.2) is 0 Å². The van der Waals surface area contributed by atoms with Crippen molar-refractivity contribution < 1.29 is 0 Å². The molecule has 68 heavy (non-hydrogen) atoms. The molecule has 12 rings (SSSR count). The van der Waals surface area contributed by atoms with E-state index in [0.717, 1.165) is 17.1 Å². The molecule has 0 radical (unpaired) electrons. The largest absolute Gasteiger partial charge is 0.310 e. The van der Waals surface area contributed by atoms with Gasteiger partial charge in [-0.3, -0.25) is 0 Å². The summed E-state index contributed by atoms with van der Waals surface area (Å²) in [6.07, 6.45) is 0.